The first-order chi connectivity index (χ1) is 26.9. The molecule has 1 nitrogen and oxygen atoms in total. The molecule has 8 aromatic rings. The van der Waals surface area contributed by atoms with Crippen molar-refractivity contribution in [2.75, 3.05) is 0 Å². The highest BCUT2D eigenvalue weighted by Crippen LogP contribution is 2.49. The summed E-state index contributed by atoms with van der Waals surface area (Å²) in [6.07, 6.45) is 7.87. The third kappa shape index (κ3) is 6.24. The number of hydrogen-bond donors (Lipinski definition) is 0. The van der Waals surface area contributed by atoms with E-state index in [1.807, 2.05) is 12.1 Å². The minimum absolute atomic E-state index is 0.00524. The van der Waals surface area contributed by atoms with Crippen LogP contribution in [0.2, 0.25) is 0 Å². The van der Waals surface area contributed by atoms with Crippen LogP contribution in [0, 0.1) is 0 Å². The Labute approximate surface area is 325 Å². The Hall–Kier alpha value is -6.18. The molecule has 0 N–H and O–H groups in total. The van der Waals surface area contributed by atoms with Crippen molar-refractivity contribution < 1.29 is 4.42 Å². The van der Waals surface area contributed by atoms with Crippen LogP contribution in [0.15, 0.2) is 174 Å². The summed E-state index contributed by atoms with van der Waals surface area (Å²) in [5.74, 6) is 0. The molecule has 9 rings (SSSR count). The topological polar surface area (TPSA) is 13.1 Å². The fourth-order valence-electron chi connectivity index (χ4n) is 8.67. The monoisotopic (exact) mass is 710 g/mol. The molecule has 1 heterocycles. The number of rotatable bonds is 9. The van der Waals surface area contributed by atoms with Crippen LogP contribution in [0.4, 0.5) is 0 Å². The van der Waals surface area contributed by atoms with Crippen molar-refractivity contribution in [2.24, 2.45) is 0 Å². The quantitative estimate of drug-likeness (QED) is 0.136. The van der Waals surface area contributed by atoms with Crippen molar-refractivity contribution in [3.05, 3.63) is 192 Å². The SMILES string of the molecule is CC/C=C(/C=C(\CCC)c1ccc(-c2ccc(-c3cccc4c3oc3ccccc34)cc2)cc1)c1ccc(-c2ccc3c(c2)C(C)(C)c2ccccc2-3)cc1. The molecule has 0 fully saturated rings. The van der Waals surface area contributed by atoms with E-state index in [4.69, 9.17) is 4.42 Å². The second-order valence-electron chi connectivity index (χ2n) is 15.4. The molecule has 1 aliphatic rings. The van der Waals surface area contributed by atoms with Crippen molar-refractivity contribution >= 4 is 33.1 Å². The van der Waals surface area contributed by atoms with Gasteiger partial charge in [0, 0.05) is 21.8 Å². The van der Waals surface area contributed by atoms with Gasteiger partial charge in [-0.05, 0) is 97.3 Å². The standard InChI is InChI=1S/C54H46O/c1-5-12-42(34-43(13-6-2)39-24-26-40(27-25-39)44-32-33-47-46-14-7-9-18-50(46)54(3,4)51(47)35-44)38-22-20-36(21-23-38)37-28-30-41(31-29-37)45-16-11-17-49-48-15-8-10-19-52(48)55-53(45)49/h7-11,13-35H,5-6,12H2,1-4H3/b42-34+,43-13-. The minimum atomic E-state index is -0.00524. The number of allylic oxidation sites excluding steroid dienone is 4. The fourth-order valence-corrected chi connectivity index (χ4v) is 8.67. The van der Waals surface area contributed by atoms with Crippen LogP contribution in [0.5, 0.6) is 0 Å². The predicted octanol–water partition coefficient (Wildman–Crippen LogP) is 15.6. The Bertz CT molecular complexity index is 2730. The van der Waals surface area contributed by atoms with E-state index in [0.29, 0.717) is 0 Å². The van der Waals surface area contributed by atoms with Gasteiger partial charge in [0.05, 0.1) is 0 Å². The predicted molar refractivity (Wildman–Crippen MR) is 235 cm³/mol. The summed E-state index contributed by atoms with van der Waals surface area (Å²) in [5, 5.41) is 2.31. The van der Waals surface area contributed by atoms with E-state index in [2.05, 4.69) is 185 Å². The van der Waals surface area contributed by atoms with Crippen LogP contribution in [0.1, 0.15) is 69.2 Å². The van der Waals surface area contributed by atoms with Gasteiger partial charge in [-0.3, -0.25) is 0 Å². The van der Waals surface area contributed by atoms with Gasteiger partial charge in [0.15, 0.2) is 0 Å². The zero-order valence-corrected chi connectivity index (χ0v) is 32.2. The lowest BCUT2D eigenvalue weighted by Crippen LogP contribution is -2.14. The molecule has 0 aliphatic heterocycles. The lowest BCUT2D eigenvalue weighted by atomic mass is 9.81. The number of furan rings is 1. The summed E-state index contributed by atoms with van der Waals surface area (Å²) in [5.41, 5.74) is 19.8. The smallest absolute Gasteiger partial charge is 0.143 e. The molecule has 0 atom stereocenters. The average Bonchev–Trinajstić information content (AvgIpc) is 3.72. The van der Waals surface area contributed by atoms with Gasteiger partial charge in [0.1, 0.15) is 11.2 Å². The van der Waals surface area contributed by atoms with E-state index in [0.717, 1.165) is 52.3 Å². The lowest BCUT2D eigenvalue weighted by molar-refractivity contribution is 0.660. The summed E-state index contributed by atoms with van der Waals surface area (Å²) in [6.45, 7) is 9.19. The largest absolute Gasteiger partial charge is 0.455 e. The Kier molecular flexibility index (Phi) is 8.95. The average molecular weight is 711 g/mol. The molecule has 0 radical (unpaired) electrons. The molecule has 0 saturated heterocycles. The minimum Gasteiger partial charge on any atom is -0.455 e. The zero-order valence-electron chi connectivity index (χ0n) is 32.2. The van der Waals surface area contributed by atoms with Crippen molar-refractivity contribution in [3.8, 4) is 44.5 Å². The molecule has 55 heavy (non-hydrogen) atoms. The summed E-state index contributed by atoms with van der Waals surface area (Å²) >= 11 is 0. The van der Waals surface area contributed by atoms with Gasteiger partial charge in [-0.2, -0.15) is 0 Å². The van der Waals surface area contributed by atoms with Crippen LogP contribution < -0.4 is 0 Å². The number of benzene rings is 7. The molecule has 7 aromatic carbocycles. The molecule has 0 bridgehead atoms. The highest BCUT2D eigenvalue weighted by Gasteiger charge is 2.35. The summed E-state index contributed by atoms with van der Waals surface area (Å²) in [6, 6.07) is 57.7. The molecule has 0 unspecified atom stereocenters. The highest BCUT2D eigenvalue weighted by atomic mass is 16.3. The molecule has 1 aromatic heterocycles. The van der Waals surface area contributed by atoms with E-state index >= 15 is 0 Å². The number of fused-ring (bicyclic) bond motifs is 6. The third-order valence-corrected chi connectivity index (χ3v) is 11.6. The zero-order chi connectivity index (χ0) is 37.5. The molecular formula is C54H46O. The summed E-state index contributed by atoms with van der Waals surface area (Å²) in [4.78, 5) is 0. The first-order valence-corrected chi connectivity index (χ1v) is 19.8. The molecule has 1 aliphatic carbocycles. The molecule has 0 amide bonds. The second kappa shape index (κ2) is 14.2. The Morgan fingerprint density at radius 1 is 0.527 bits per heavy atom. The maximum atomic E-state index is 6.32. The maximum Gasteiger partial charge on any atom is 0.143 e. The van der Waals surface area contributed by atoms with Crippen LogP contribution in [-0.4, -0.2) is 0 Å². The van der Waals surface area contributed by atoms with Crippen molar-refractivity contribution in [1.29, 1.82) is 0 Å². The fraction of sp³-hybridized carbons (Fsp3) is 0.148. The lowest BCUT2D eigenvalue weighted by Gasteiger charge is -2.22. The molecule has 268 valence electrons. The summed E-state index contributed by atoms with van der Waals surface area (Å²) in [7, 11) is 0. The van der Waals surface area contributed by atoms with E-state index in [1.54, 1.807) is 0 Å². The highest BCUT2D eigenvalue weighted by molar-refractivity contribution is 6.09. The maximum absolute atomic E-state index is 6.32. The molecular weight excluding hydrogens is 665 g/mol. The van der Waals surface area contributed by atoms with E-state index < -0.39 is 0 Å². The molecule has 0 spiro atoms. The van der Waals surface area contributed by atoms with Gasteiger partial charge in [-0.25, -0.2) is 0 Å². The number of hydrogen-bond acceptors (Lipinski definition) is 1. The Morgan fingerprint density at radius 2 is 1.11 bits per heavy atom. The van der Waals surface area contributed by atoms with Crippen molar-refractivity contribution in [1.82, 2.24) is 0 Å². The van der Waals surface area contributed by atoms with Crippen LogP contribution >= 0.6 is 0 Å². The molecule has 0 saturated carbocycles. The van der Waals surface area contributed by atoms with Gasteiger partial charge >= 0.3 is 0 Å². The third-order valence-electron chi connectivity index (χ3n) is 11.6. The molecule has 1 heteroatoms. The Balaban J connectivity index is 0.958. The second-order valence-corrected chi connectivity index (χ2v) is 15.4. The Morgan fingerprint density at radius 3 is 1.85 bits per heavy atom. The van der Waals surface area contributed by atoms with Gasteiger partial charge in [-0.1, -0.05) is 192 Å². The van der Waals surface area contributed by atoms with Gasteiger partial charge in [-0.15, -0.1) is 0 Å². The van der Waals surface area contributed by atoms with E-state index in [9.17, 15) is 0 Å². The van der Waals surface area contributed by atoms with Gasteiger partial charge in [0.25, 0.3) is 0 Å². The normalized spacial score (nSPS) is 13.7. The van der Waals surface area contributed by atoms with E-state index in [1.165, 1.54) is 66.8 Å². The van der Waals surface area contributed by atoms with Crippen molar-refractivity contribution in [2.45, 2.75) is 52.4 Å². The first-order valence-electron chi connectivity index (χ1n) is 19.8. The van der Waals surface area contributed by atoms with Crippen LogP contribution in [-0.2, 0) is 5.41 Å². The van der Waals surface area contributed by atoms with E-state index in [-0.39, 0.29) is 5.41 Å². The van der Waals surface area contributed by atoms with Gasteiger partial charge < -0.3 is 4.42 Å². The van der Waals surface area contributed by atoms with Gasteiger partial charge in [0.2, 0.25) is 0 Å². The first kappa shape index (κ1) is 34.6. The number of para-hydroxylation sites is 2. The summed E-state index contributed by atoms with van der Waals surface area (Å²) < 4.78 is 6.32. The van der Waals surface area contributed by atoms with Crippen LogP contribution in [0.3, 0.4) is 0 Å². The van der Waals surface area contributed by atoms with Crippen LogP contribution in [0.25, 0.3) is 77.6 Å². The van der Waals surface area contributed by atoms with Crippen molar-refractivity contribution in [3.63, 3.8) is 0 Å².